The molecule has 1 aliphatic carbocycles. The summed E-state index contributed by atoms with van der Waals surface area (Å²) in [6.07, 6.45) is 15.5. The molecule has 2 N–H and O–H groups in total. The van der Waals surface area contributed by atoms with Crippen LogP contribution >= 0.6 is 0 Å². The van der Waals surface area contributed by atoms with Gasteiger partial charge in [-0.2, -0.15) is 5.10 Å². The van der Waals surface area contributed by atoms with E-state index in [0.717, 1.165) is 28.9 Å². The molecule has 1 unspecified atom stereocenters. The van der Waals surface area contributed by atoms with Gasteiger partial charge in [-0.05, 0) is 63.9 Å². The normalized spacial score (nSPS) is 14.9. The highest BCUT2D eigenvalue weighted by molar-refractivity contribution is 7.82. The molecule has 1 aromatic carbocycles. The van der Waals surface area contributed by atoms with Gasteiger partial charge >= 0.3 is 0 Å². The number of nitriles is 1. The number of aromatic amines is 1. The molecule has 8 nitrogen and oxygen atoms in total. The van der Waals surface area contributed by atoms with Gasteiger partial charge in [0.05, 0.1) is 16.5 Å². The Hall–Kier alpha value is -3.40. The lowest BCUT2D eigenvalue weighted by atomic mass is 9.95. The van der Waals surface area contributed by atoms with Crippen molar-refractivity contribution in [2.75, 3.05) is 12.4 Å². The lowest BCUT2D eigenvalue weighted by molar-refractivity contribution is 0.307. The van der Waals surface area contributed by atoms with E-state index in [-0.39, 0.29) is 11.1 Å². The number of H-pyrrole nitrogens is 1. The van der Waals surface area contributed by atoms with Crippen LogP contribution in [0.4, 0.5) is 11.5 Å². The van der Waals surface area contributed by atoms with Crippen molar-refractivity contribution in [3.63, 3.8) is 0 Å². The lowest BCUT2D eigenvalue weighted by Crippen LogP contribution is -2.39. The van der Waals surface area contributed by atoms with Crippen molar-refractivity contribution in [1.82, 2.24) is 19.1 Å². The summed E-state index contributed by atoms with van der Waals surface area (Å²) in [6.45, 7) is 9.60. The second-order valence-corrected chi connectivity index (χ2v) is 10.7. The fourth-order valence-electron chi connectivity index (χ4n) is 3.99. The van der Waals surface area contributed by atoms with Crippen molar-refractivity contribution < 1.29 is 4.21 Å². The molecule has 4 rings (SSSR count). The number of hydrogen-bond acceptors (Lipinski definition) is 5. The number of aromatic nitrogens is 3. The van der Waals surface area contributed by atoms with Crippen LogP contribution in [-0.2, 0) is 11.0 Å². The van der Waals surface area contributed by atoms with E-state index < -0.39 is 11.0 Å². The fourth-order valence-corrected chi connectivity index (χ4v) is 5.17. The van der Waals surface area contributed by atoms with Crippen LogP contribution in [0.1, 0.15) is 58.9 Å². The summed E-state index contributed by atoms with van der Waals surface area (Å²) in [6, 6.07) is 9.72. The summed E-state index contributed by atoms with van der Waals surface area (Å²) in [5.74, 6) is 0.558. The highest BCUT2D eigenvalue weighted by Gasteiger charge is 2.24. The molecule has 2 aromatic heterocycles. The Morgan fingerprint density at radius 1 is 1.11 bits per heavy atom. The molecule has 1 atom stereocenters. The van der Waals surface area contributed by atoms with Crippen LogP contribution < -0.4 is 10.9 Å². The van der Waals surface area contributed by atoms with Crippen molar-refractivity contribution in [3.05, 3.63) is 46.9 Å². The molecule has 9 heteroatoms. The fraction of sp³-hybridized carbons (Fsp3) is 0.423. The van der Waals surface area contributed by atoms with Gasteiger partial charge in [-0.25, -0.2) is 13.8 Å². The van der Waals surface area contributed by atoms with Gasteiger partial charge in [-0.1, -0.05) is 19.3 Å². The topological polar surface area (TPSA) is 107 Å². The van der Waals surface area contributed by atoms with Crippen LogP contribution in [0.2, 0.25) is 0 Å². The molecule has 1 fully saturated rings. The standard InChI is InChI=1S/C23H31N5O2S.C2H2.CHN/c1-23(2,3)27(4)31(30)18-12-10-16(11-13-18)25-21-20-19(14-15-24-22(20)29)28(26-21)17-8-6-5-7-9-17;2*1-2/h10-15,17H,5-9H2,1-4H3,(H,24,29)(H,25,26);1-2H;1H. The summed E-state index contributed by atoms with van der Waals surface area (Å²) in [7, 11) is 0.613. The highest BCUT2D eigenvalue weighted by atomic mass is 32.2. The molecule has 1 aliphatic rings. The molecule has 0 amide bonds. The molecule has 0 saturated heterocycles. The van der Waals surface area contributed by atoms with Gasteiger partial charge in [-0.3, -0.25) is 9.48 Å². The monoisotopic (exact) mass is 494 g/mol. The summed E-state index contributed by atoms with van der Waals surface area (Å²) < 4.78 is 16.7. The third kappa shape index (κ3) is 6.39. The Kier molecular flexibility index (Phi) is 9.82. The van der Waals surface area contributed by atoms with Crippen molar-refractivity contribution >= 4 is 33.4 Å². The van der Waals surface area contributed by atoms with E-state index in [0.29, 0.717) is 17.2 Å². The summed E-state index contributed by atoms with van der Waals surface area (Å²) in [5.41, 5.74) is 1.32. The van der Waals surface area contributed by atoms with E-state index in [9.17, 15) is 9.00 Å². The average Bonchev–Trinajstić information content (AvgIpc) is 3.25. The molecule has 0 aliphatic heterocycles. The highest BCUT2D eigenvalue weighted by Crippen LogP contribution is 2.33. The average molecular weight is 495 g/mol. The number of nitrogens with one attached hydrogen (secondary N) is 2. The van der Waals surface area contributed by atoms with Crippen LogP contribution in [0.5, 0.6) is 0 Å². The quantitative estimate of drug-likeness (QED) is 0.479. The predicted molar refractivity (Wildman–Crippen MR) is 143 cm³/mol. The Morgan fingerprint density at radius 2 is 1.71 bits per heavy atom. The Bertz CT molecular complexity index is 1220. The molecule has 2 heterocycles. The second kappa shape index (κ2) is 12.3. The van der Waals surface area contributed by atoms with Crippen LogP contribution in [-0.4, -0.2) is 35.9 Å². The number of hydrogen-bond donors (Lipinski definition) is 2. The summed E-state index contributed by atoms with van der Waals surface area (Å²) >= 11 is 0. The minimum absolute atomic E-state index is 0.147. The third-order valence-electron chi connectivity index (χ3n) is 6.06. The number of pyridine rings is 1. The smallest absolute Gasteiger partial charge is 0.261 e. The number of benzene rings is 1. The van der Waals surface area contributed by atoms with Gasteiger partial charge in [0.1, 0.15) is 16.4 Å². The number of rotatable bonds is 5. The minimum atomic E-state index is -1.25. The molecule has 0 bridgehead atoms. The molecule has 186 valence electrons. The van der Waals surface area contributed by atoms with Crippen LogP contribution in [0.15, 0.2) is 46.2 Å². The zero-order valence-corrected chi connectivity index (χ0v) is 21.6. The zero-order valence-electron chi connectivity index (χ0n) is 20.8. The van der Waals surface area contributed by atoms with Crippen molar-refractivity contribution in [3.8, 4) is 19.4 Å². The first-order valence-electron chi connectivity index (χ1n) is 11.5. The van der Waals surface area contributed by atoms with Crippen molar-refractivity contribution in [2.24, 2.45) is 0 Å². The maximum atomic E-state index is 12.8. The summed E-state index contributed by atoms with van der Waals surface area (Å²) in [4.78, 5) is 16.1. The Labute approximate surface area is 209 Å². The summed E-state index contributed by atoms with van der Waals surface area (Å²) in [5, 5.41) is 15.2. The van der Waals surface area contributed by atoms with E-state index in [1.165, 1.54) is 19.3 Å². The van der Waals surface area contributed by atoms with Gasteiger partial charge in [0, 0.05) is 31.0 Å². The maximum absolute atomic E-state index is 12.8. The van der Waals surface area contributed by atoms with Gasteiger partial charge in [0.25, 0.3) is 5.56 Å². The van der Waals surface area contributed by atoms with Crippen LogP contribution in [0.3, 0.4) is 0 Å². The number of terminal acetylenes is 1. The SMILES string of the molecule is C#C.C#N.CN(S(=O)c1ccc(Nc2nn(C3CCCCC3)c3cc[nH]c(=O)c23)cc1)C(C)(C)C. The Balaban J connectivity index is 0.00000103. The number of fused-ring (bicyclic) bond motifs is 1. The first-order valence-corrected chi connectivity index (χ1v) is 12.6. The Morgan fingerprint density at radius 3 is 2.29 bits per heavy atom. The predicted octanol–water partition coefficient (Wildman–Crippen LogP) is 5.12. The van der Waals surface area contributed by atoms with Gasteiger partial charge < -0.3 is 10.3 Å². The van der Waals surface area contributed by atoms with Gasteiger partial charge in [0.15, 0.2) is 5.82 Å². The molecule has 0 radical (unpaired) electrons. The van der Waals surface area contributed by atoms with E-state index in [1.54, 1.807) is 6.20 Å². The first-order chi connectivity index (χ1) is 16.8. The largest absolute Gasteiger partial charge is 0.338 e. The zero-order chi connectivity index (χ0) is 26.2. The first kappa shape index (κ1) is 27.8. The van der Waals surface area contributed by atoms with E-state index in [2.05, 4.69) is 29.7 Å². The van der Waals surface area contributed by atoms with Crippen LogP contribution in [0, 0.1) is 24.7 Å². The van der Waals surface area contributed by atoms with Crippen molar-refractivity contribution in [2.45, 2.75) is 69.4 Å². The molecule has 1 saturated carbocycles. The number of nitrogens with zero attached hydrogens (tertiary/aromatic N) is 4. The van der Waals surface area contributed by atoms with E-state index >= 15 is 0 Å². The van der Waals surface area contributed by atoms with Crippen molar-refractivity contribution in [1.29, 1.82) is 5.26 Å². The molecular formula is C26H34N6O2S. The minimum Gasteiger partial charge on any atom is -0.338 e. The van der Waals surface area contributed by atoms with E-state index in [1.807, 2.05) is 67.1 Å². The molecule has 3 aromatic rings. The second-order valence-electron chi connectivity index (χ2n) is 9.22. The lowest BCUT2D eigenvalue weighted by Gasteiger charge is -2.30. The van der Waals surface area contributed by atoms with Crippen LogP contribution in [0.25, 0.3) is 10.9 Å². The van der Waals surface area contributed by atoms with Gasteiger partial charge in [-0.15, -0.1) is 12.8 Å². The third-order valence-corrected chi connectivity index (χ3v) is 7.78. The number of anilines is 2. The molecule has 35 heavy (non-hydrogen) atoms. The molecular weight excluding hydrogens is 460 g/mol. The maximum Gasteiger partial charge on any atom is 0.261 e. The van der Waals surface area contributed by atoms with Gasteiger partial charge in [0.2, 0.25) is 0 Å². The molecule has 0 spiro atoms. The van der Waals surface area contributed by atoms with E-state index in [4.69, 9.17) is 10.4 Å².